The average molecular weight is 213 g/mol. The molecule has 0 saturated heterocycles. The van der Waals surface area contributed by atoms with Crippen LogP contribution in [0.2, 0.25) is 0 Å². The summed E-state index contributed by atoms with van der Waals surface area (Å²) < 4.78 is 4.43. The van der Waals surface area contributed by atoms with Crippen molar-refractivity contribution in [3.8, 4) is 0 Å². The van der Waals surface area contributed by atoms with Crippen LogP contribution in [0.4, 0.5) is 0 Å². The van der Waals surface area contributed by atoms with Crippen LogP contribution in [0.15, 0.2) is 5.38 Å². The first-order valence-corrected chi connectivity index (χ1v) is 5.31. The number of hydrogen-bond donors (Lipinski definition) is 1. The van der Waals surface area contributed by atoms with Gasteiger partial charge in [-0.05, 0) is 12.8 Å². The lowest BCUT2D eigenvalue weighted by Gasteiger charge is -2.03. The predicted molar refractivity (Wildman–Crippen MR) is 51.1 cm³/mol. The SMILES string of the molecule is COC(=O)C(O)c1csc(C2CC2)n1. The van der Waals surface area contributed by atoms with Crippen LogP contribution in [-0.4, -0.2) is 23.2 Å². The Morgan fingerprint density at radius 2 is 2.50 bits per heavy atom. The van der Waals surface area contributed by atoms with Gasteiger partial charge >= 0.3 is 5.97 Å². The Morgan fingerprint density at radius 1 is 1.79 bits per heavy atom. The third kappa shape index (κ3) is 1.78. The van der Waals surface area contributed by atoms with Crippen LogP contribution >= 0.6 is 11.3 Å². The van der Waals surface area contributed by atoms with Gasteiger partial charge in [0.15, 0.2) is 6.10 Å². The number of methoxy groups -OCH3 is 1. The molecule has 4 nitrogen and oxygen atoms in total. The van der Waals surface area contributed by atoms with Crippen molar-refractivity contribution in [3.05, 3.63) is 16.1 Å². The lowest BCUT2D eigenvalue weighted by molar-refractivity contribution is -0.150. The summed E-state index contributed by atoms with van der Waals surface area (Å²) in [6, 6.07) is 0. The summed E-state index contributed by atoms with van der Waals surface area (Å²) >= 11 is 1.50. The Balaban J connectivity index is 2.11. The van der Waals surface area contributed by atoms with Crippen LogP contribution in [0.25, 0.3) is 0 Å². The number of aliphatic hydroxyl groups excluding tert-OH is 1. The van der Waals surface area contributed by atoms with Gasteiger partial charge in [-0.1, -0.05) is 0 Å². The van der Waals surface area contributed by atoms with Crippen molar-refractivity contribution in [2.45, 2.75) is 24.9 Å². The minimum Gasteiger partial charge on any atom is -0.467 e. The van der Waals surface area contributed by atoms with E-state index in [1.807, 2.05) is 0 Å². The maximum absolute atomic E-state index is 11.0. The lowest BCUT2D eigenvalue weighted by atomic mass is 10.3. The number of rotatable bonds is 3. The molecule has 14 heavy (non-hydrogen) atoms. The largest absolute Gasteiger partial charge is 0.467 e. The molecule has 0 aliphatic heterocycles. The van der Waals surface area contributed by atoms with Gasteiger partial charge in [0.05, 0.1) is 17.8 Å². The molecule has 1 N–H and O–H groups in total. The second-order valence-electron chi connectivity index (χ2n) is 3.31. The second-order valence-corrected chi connectivity index (χ2v) is 4.20. The van der Waals surface area contributed by atoms with Gasteiger partial charge in [0, 0.05) is 11.3 Å². The predicted octanol–water partition coefficient (Wildman–Crippen LogP) is 1.23. The van der Waals surface area contributed by atoms with Crippen molar-refractivity contribution in [1.82, 2.24) is 4.98 Å². The van der Waals surface area contributed by atoms with Crippen molar-refractivity contribution in [3.63, 3.8) is 0 Å². The third-order valence-electron chi connectivity index (χ3n) is 2.17. The standard InChI is InChI=1S/C9H11NO3S/c1-13-9(12)7(11)6-4-14-8(10-6)5-2-3-5/h4-5,7,11H,2-3H2,1H3. The number of aliphatic hydroxyl groups is 1. The summed E-state index contributed by atoms with van der Waals surface area (Å²) in [5.74, 6) is -0.101. The smallest absolute Gasteiger partial charge is 0.341 e. The summed E-state index contributed by atoms with van der Waals surface area (Å²) in [4.78, 5) is 15.2. The zero-order chi connectivity index (χ0) is 10.1. The average Bonchev–Trinajstić information content (AvgIpc) is 2.94. The topological polar surface area (TPSA) is 59.4 Å². The van der Waals surface area contributed by atoms with Crippen LogP contribution in [0.1, 0.15) is 35.6 Å². The van der Waals surface area contributed by atoms with Crippen molar-refractivity contribution >= 4 is 17.3 Å². The van der Waals surface area contributed by atoms with Crippen LogP contribution < -0.4 is 0 Å². The highest BCUT2D eigenvalue weighted by atomic mass is 32.1. The van der Waals surface area contributed by atoms with Crippen molar-refractivity contribution < 1.29 is 14.6 Å². The monoisotopic (exact) mass is 213 g/mol. The number of carbonyl (C=O) groups is 1. The zero-order valence-corrected chi connectivity index (χ0v) is 8.58. The molecule has 0 aromatic carbocycles. The maximum atomic E-state index is 11.0. The molecule has 1 fully saturated rings. The number of nitrogens with zero attached hydrogens (tertiary/aromatic N) is 1. The summed E-state index contributed by atoms with van der Waals surface area (Å²) in [5.41, 5.74) is 0.406. The molecule has 76 valence electrons. The first-order valence-electron chi connectivity index (χ1n) is 4.43. The fourth-order valence-corrected chi connectivity index (χ4v) is 2.19. The molecular weight excluding hydrogens is 202 g/mol. The van der Waals surface area contributed by atoms with Crippen LogP contribution in [0.3, 0.4) is 0 Å². The van der Waals surface area contributed by atoms with Gasteiger partial charge in [-0.15, -0.1) is 11.3 Å². The van der Waals surface area contributed by atoms with Crippen LogP contribution in [0, 0.1) is 0 Å². The highest BCUT2D eigenvalue weighted by Gasteiger charge is 2.29. The Bertz CT molecular complexity index is 346. The molecule has 0 bridgehead atoms. The quantitative estimate of drug-likeness (QED) is 0.767. The highest BCUT2D eigenvalue weighted by Crippen LogP contribution is 2.41. The molecule has 0 amide bonds. The van der Waals surface area contributed by atoms with E-state index in [1.54, 1.807) is 5.38 Å². The summed E-state index contributed by atoms with van der Waals surface area (Å²) in [5, 5.41) is 12.2. The normalized spacial score (nSPS) is 17.9. The van der Waals surface area contributed by atoms with Crippen molar-refractivity contribution in [1.29, 1.82) is 0 Å². The van der Waals surface area contributed by atoms with E-state index in [9.17, 15) is 9.90 Å². The Morgan fingerprint density at radius 3 is 3.07 bits per heavy atom. The van der Waals surface area contributed by atoms with E-state index in [0.717, 1.165) is 5.01 Å². The fraction of sp³-hybridized carbons (Fsp3) is 0.556. The third-order valence-corrected chi connectivity index (χ3v) is 3.20. The fourth-order valence-electron chi connectivity index (χ4n) is 1.18. The molecule has 1 unspecified atom stereocenters. The number of aromatic nitrogens is 1. The summed E-state index contributed by atoms with van der Waals surface area (Å²) in [7, 11) is 1.25. The van der Waals surface area contributed by atoms with Gasteiger partial charge in [-0.25, -0.2) is 9.78 Å². The van der Waals surface area contributed by atoms with Crippen LogP contribution in [0.5, 0.6) is 0 Å². The molecule has 1 aliphatic rings. The number of hydrogen-bond acceptors (Lipinski definition) is 5. The van der Waals surface area contributed by atoms with E-state index in [2.05, 4.69) is 9.72 Å². The molecule has 1 heterocycles. The molecule has 0 radical (unpaired) electrons. The summed E-state index contributed by atoms with van der Waals surface area (Å²) in [6.07, 6.45) is 1.10. The molecule has 0 spiro atoms. The van der Waals surface area contributed by atoms with Gasteiger partial charge in [-0.2, -0.15) is 0 Å². The molecule has 5 heteroatoms. The van der Waals surface area contributed by atoms with Gasteiger partial charge in [-0.3, -0.25) is 0 Å². The number of ether oxygens (including phenoxy) is 1. The Hall–Kier alpha value is -0.940. The Kier molecular flexibility index (Phi) is 2.52. The second kappa shape index (κ2) is 3.67. The molecule has 2 rings (SSSR count). The first kappa shape index (κ1) is 9.61. The first-order chi connectivity index (χ1) is 6.72. The highest BCUT2D eigenvalue weighted by molar-refractivity contribution is 7.09. The molecule has 1 aromatic rings. The van der Waals surface area contributed by atoms with E-state index >= 15 is 0 Å². The molecular formula is C9H11NO3S. The van der Waals surface area contributed by atoms with Gasteiger partial charge in [0.1, 0.15) is 0 Å². The minimum atomic E-state index is -1.23. The lowest BCUT2D eigenvalue weighted by Crippen LogP contribution is -2.13. The van der Waals surface area contributed by atoms with E-state index in [0.29, 0.717) is 11.6 Å². The van der Waals surface area contributed by atoms with E-state index in [-0.39, 0.29) is 0 Å². The number of esters is 1. The zero-order valence-electron chi connectivity index (χ0n) is 7.77. The molecule has 1 atom stereocenters. The van der Waals surface area contributed by atoms with E-state index < -0.39 is 12.1 Å². The summed E-state index contributed by atoms with van der Waals surface area (Å²) in [6.45, 7) is 0. The van der Waals surface area contributed by atoms with Crippen LogP contribution in [-0.2, 0) is 9.53 Å². The van der Waals surface area contributed by atoms with E-state index in [4.69, 9.17) is 0 Å². The molecule has 1 aliphatic carbocycles. The minimum absolute atomic E-state index is 0.406. The van der Waals surface area contributed by atoms with Gasteiger partial charge in [0.2, 0.25) is 0 Å². The number of carbonyl (C=O) groups excluding carboxylic acids is 1. The van der Waals surface area contributed by atoms with Crippen molar-refractivity contribution in [2.75, 3.05) is 7.11 Å². The molecule has 1 saturated carbocycles. The number of thiazole rings is 1. The van der Waals surface area contributed by atoms with Gasteiger partial charge in [0.25, 0.3) is 0 Å². The molecule has 1 aromatic heterocycles. The Labute approximate surface area is 85.5 Å². The van der Waals surface area contributed by atoms with Crippen molar-refractivity contribution in [2.24, 2.45) is 0 Å². The maximum Gasteiger partial charge on any atom is 0.341 e. The van der Waals surface area contributed by atoms with E-state index in [1.165, 1.54) is 31.3 Å². The van der Waals surface area contributed by atoms with Gasteiger partial charge < -0.3 is 9.84 Å².